The van der Waals surface area contributed by atoms with Crippen molar-refractivity contribution in [1.29, 1.82) is 0 Å². The third-order valence-corrected chi connectivity index (χ3v) is 3.40. The van der Waals surface area contributed by atoms with Crippen molar-refractivity contribution in [3.05, 3.63) is 11.6 Å². The molecule has 100 valence electrons. The van der Waals surface area contributed by atoms with Crippen LogP contribution in [-0.2, 0) is 4.74 Å². The van der Waals surface area contributed by atoms with Crippen LogP contribution in [0.25, 0.3) is 0 Å². The molecule has 1 aliphatic rings. The summed E-state index contributed by atoms with van der Waals surface area (Å²) < 4.78 is 5.40. The standard InChI is InChI=1S/C15H29NO/c1-12(2)16-15(5,6)11-14(3,4)13-7-9-17-10-8-13/h7,12,16H,8-11H2,1-6H3. The second kappa shape index (κ2) is 5.53. The van der Waals surface area contributed by atoms with Gasteiger partial charge in [0.2, 0.25) is 0 Å². The van der Waals surface area contributed by atoms with Gasteiger partial charge in [-0.05, 0) is 32.1 Å². The Bertz CT molecular complexity index is 277. The molecule has 0 radical (unpaired) electrons. The SMILES string of the molecule is CC(C)NC(C)(C)CC(C)(C)C1=CCOCC1. The van der Waals surface area contributed by atoms with Gasteiger partial charge in [0.05, 0.1) is 13.2 Å². The summed E-state index contributed by atoms with van der Waals surface area (Å²) in [7, 11) is 0. The van der Waals surface area contributed by atoms with Crippen molar-refractivity contribution >= 4 is 0 Å². The Morgan fingerprint density at radius 3 is 2.41 bits per heavy atom. The van der Waals surface area contributed by atoms with Gasteiger partial charge in [0, 0.05) is 11.6 Å². The highest BCUT2D eigenvalue weighted by Gasteiger charge is 2.32. The normalized spacial score (nSPS) is 18.4. The lowest BCUT2D eigenvalue weighted by atomic mass is 9.73. The van der Waals surface area contributed by atoms with Crippen LogP contribution in [-0.4, -0.2) is 24.8 Å². The molecule has 0 fully saturated rings. The van der Waals surface area contributed by atoms with Crippen LogP contribution < -0.4 is 5.32 Å². The zero-order valence-electron chi connectivity index (χ0n) is 12.4. The molecule has 17 heavy (non-hydrogen) atoms. The summed E-state index contributed by atoms with van der Waals surface area (Å²) in [5, 5.41) is 3.66. The smallest absolute Gasteiger partial charge is 0.0650 e. The molecule has 0 spiro atoms. The Hall–Kier alpha value is -0.340. The highest BCUT2D eigenvalue weighted by atomic mass is 16.5. The zero-order valence-corrected chi connectivity index (χ0v) is 12.4. The van der Waals surface area contributed by atoms with E-state index < -0.39 is 0 Å². The molecule has 2 heteroatoms. The largest absolute Gasteiger partial charge is 0.377 e. The third-order valence-electron chi connectivity index (χ3n) is 3.40. The molecule has 0 aromatic rings. The van der Waals surface area contributed by atoms with Crippen LogP contribution in [0.1, 0.15) is 54.4 Å². The molecule has 1 heterocycles. The summed E-state index contributed by atoms with van der Waals surface area (Å²) in [5.41, 5.74) is 1.99. The average Bonchev–Trinajstić information content (AvgIpc) is 2.15. The van der Waals surface area contributed by atoms with Crippen LogP contribution in [0, 0.1) is 5.41 Å². The third kappa shape index (κ3) is 4.81. The molecule has 1 aliphatic heterocycles. The fourth-order valence-electron chi connectivity index (χ4n) is 3.19. The zero-order chi connectivity index (χ0) is 13.1. The minimum Gasteiger partial charge on any atom is -0.377 e. The van der Waals surface area contributed by atoms with Crippen LogP contribution in [0.15, 0.2) is 11.6 Å². The van der Waals surface area contributed by atoms with E-state index >= 15 is 0 Å². The predicted molar refractivity (Wildman–Crippen MR) is 74.3 cm³/mol. The number of hydrogen-bond donors (Lipinski definition) is 1. The number of ether oxygens (including phenoxy) is 1. The molecule has 0 aromatic carbocycles. The highest BCUT2D eigenvalue weighted by molar-refractivity contribution is 5.15. The monoisotopic (exact) mass is 239 g/mol. The predicted octanol–water partition coefficient (Wildman–Crippen LogP) is 3.53. The van der Waals surface area contributed by atoms with Gasteiger partial charge < -0.3 is 10.1 Å². The summed E-state index contributed by atoms with van der Waals surface area (Å²) in [6.07, 6.45) is 4.52. The fraction of sp³-hybridized carbons (Fsp3) is 0.867. The number of nitrogens with one attached hydrogen (secondary N) is 1. The molecule has 0 bridgehead atoms. The first-order chi connectivity index (χ1) is 7.73. The first-order valence-electron chi connectivity index (χ1n) is 6.78. The maximum absolute atomic E-state index is 5.40. The van der Waals surface area contributed by atoms with E-state index in [9.17, 15) is 0 Å². The Morgan fingerprint density at radius 1 is 1.29 bits per heavy atom. The second-order valence-electron chi connectivity index (χ2n) is 6.80. The summed E-state index contributed by atoms with van der Waals surface area (Å²) in [6.45, 7) is 15.4. The lowest BCUT2D eigenvalue weighted by molar-refractivity contribution is 0.139. The van der Waals surface area contributed by atoms with Crippen molar-refractivity contribution in [2.24, 2.45) is 5.41 Å². The van der Waals surface area contributed by atoms with Crippen LogP contribution in [0.5, 0.6) is 0 Å². The average molecular weight is 239 g/mol. The molecule has 0 saturated carbocycles. The van der Waals surface area contributed by atoms with Crippen LogP contribution in [0.2, 0.25) is 0 Å². The maximum atomic E-state index is 5.40. The maximum Gasteiger partial charge on any atom is 0.0650 e. The van der Waals surface area contributed by atoms with Gasteiger partial charge in [0.25, 0.3) is 0 Å². The minimum absolute atomic E-state index is 0.177. The summed E-state index contributed by atoms with van der Waals surface area (Å²) >= 11 is 0. The quantitative estimate of drug-likeness (QED) is 0.741. The Balaban J connectivity index is 2.67. The fourth-order valence-corrected chi connectivity index (χ4v) is 3.19. The summed E-state index contributed by atoms with van der Waals surface area (Å²) in [4.78, 5) is 0. The van der Waals surface area contributed by atoms with Crippen molar-refractivity contribution in [1.82, 2.24) is 5.32 Å². The van der Waals surface area contributed by atoms with Crippen molar-refractivity contribution in [2.45, 2.75) is 66.0 Å². The van der Waals surface area contributed by atoms with E-state index in [0.29, 0.717) is 6.04 Å². The second-order valence-corrected chi connectivity index (χ2v) is 6.80. The van der Waals surface area contributed by atoms with Gasteiger partial charge >= 0.3 is 0 Å². The number of rotatable bonds is 5. The van der Waals surface area contributed by atoms with Crippen molar-refractivity contribution in [3.8, 4) is 0 Å². The molecule has 0 aliphatic carbocycles. The Kier molecular flexibility index (Phi) is 4.79. The van der Waals surface area contributed by atoms with Gasteiger partial charge in [-0.25, -0.2) is 0 Å². The molecular weight excluding hydrogens is 210 g/mol. The van der Waals surface area contributed by atoms with E-state index in [-0.39, 0.29) is 11.0 Å². The Labute approximate surface area is 107 Å². The Morgan fingerprint density at radius 2 is 1.94 bits per heavy atom. The minimum atomic E-state index is 0.177. The molecule has 1 N–H and O–H groups in total. The molecule has 0 saturated heterocycles. The van der Waals surface area contributed by atoms with E-state index in [1.54, 1.807) is 5.57 Å². The first-order valence-corrected chi connectivity index (χ1v) is 6.78. The number of hydrogen-bond acceptors (Lipinski definition) is 2. The summed E-state index contributed by atoms with van der Waals surface area (Å²) in [5.74, 6) is 0. The van der Waals surface area contributed by atoms with E-state index in [1.165, 1.54) is 0 Å². The van der Waals surface area contributed by atoms with Crippen molar-refractivity contribution in [2.75, 3.05) is 13.2 Å². The van der Waals surface area contributed by atoms with E-state index in [1.807, 2.05) is 0 Å². The van der Waals surface area contributed by atoms with Crippen LogP contribution in [0.4, 0.5) is 0 Å². The van der Waals surface area contributed by atoms with Gasteiger partial charge in [-0.1, -0.05) is 39.3 Å². The van der Waals surface area contributed by atoms with E-state index in [2.05, 4.69) is 52.9 Å². The molecule has 0 aromatic heterocycles. The summed E-state index contributed by atoms with van der Waals surface area (Å²) in [6, 6.07) is 0.532. The molecule has 1 rings (SSSR count). The van der Waals surface area contributed by atoms with Crippen LogP contribution in [0.3, 0.4) is 0 Å². The van der Waals surface area contributed by atoms with E-state index in [0.717, 1.165) is 26.1 Å². The molecule has 0 unspecified atom stereocenters. The molecular formula is C15H29NO. The topological polar surface area (TPSA) is 21.3 Å². The van der Waals surface area contributed by atoms with Crippen LogP contribution >= 0.6 is 0 Å². The van der Waals surface area contributed by atoms with E-state index in [4.69, 9.17) is 4.74 Å². The highest BCUT2D eigenvalue weighted by Crippen LogP contribution is 2.37. The lowest BCUT2D eigenvalue weighted by Gasteiger charge is -2.39. The lowest BCUT2D eigenvalue weighted by Crippen LogP contribution is -2.46. The van der Waals surface area contributed by atoms with Gasteiger partial charge in [-0.3, -0.25) is 0 Å². The van der Waals surface area contributed by atoms with Crippen molar-refractivity contribution in [3.63, 3.8) is 0 Å². The molecule has 0 atom stereocenters. The van der Waals surface area contributed by atoms with Gasteiger partial charge in [0.15, 0.2) is 0 Å². The molecule has 0 amide bonds. The van der Waals surface area contributed by atoms with Crippen molar-refractivity contribution < 1.29 is 4.74 Å². The van der Waals surface area contributed by atoms with Gasteiger partial charge in [-0.15, -0.1) is 0 Å². The van der Waals surface area contributed by atoms with Gasteiger partial charge in [-0.2, -0.15) is 0 Å². The first kappa shape index (κ1) is 14.7. The molecule has 2 nitrogen and oxygen atoms in total. The van der Waals surface area contributed by atoms with Gasteiger partial charge in [0.1, 0.15) is 0 Å².